The van der Waals surface area contributed by atoms with Gasteiger partial charge in [0.05, 0.1) is 30.2 Å². The van der Waals surface area contributed by atoms with Crippen molar-refractivity contribution in [2.75, 3.05) is 18.1 Å². The van der Waals surface area contributed by atoms with Crippen LogP contribution in [0.1, 0.15) is 35.9 Å². The number of sulfone groups is 1. The van der Waals surface area contributed by atoms with Gasteiger partial charge in [-0.3, -0.25) is 4.79 Å². The van der Waals surface area contributed by atoms with E-state index in [2.05, 4.69) is 0 Å². The van der Waals surface area contributed by atoms with E-state index in [1.54, 1.807) is 35.2 Å². The van der Waals surface area contributed by atoms with Gasteiger partial charge in [-0.2, -0.15) is 0 Å². The molecule has 1 aliphatic heterocycles. The minimum absolute atomic E-state index is 0.0541. The summed E-state index contributed by atoms with van der Waals surface area (Å²) in [6.07, 6.45) is 1.21. The number of carbonyl (C=O) groups is 1. The van der Waals surface area contributed by atoms with E-state index in [0.29, 0.717) is 40.9 Å². The number of ether oxygens (including phenoxy) is 1. The largest absolute Gasteiger partial charge is 0.493 e. The highest BCUT2D eigenvalue weighted by molar-refractivity contribution is 7.91. The molecule has 2 aromatic carbocycles. The van der Waals surface area contributed by atoms with E-state index in [0.717, 1.165) is 12.0 Å². The fraction of sp³-hybridized carbons (Fsp3) is 0.320. The van der Waals surface area contributed by atoms with E-state index < -0.39 is 15.9 Å². The number of benzene rings is 2. The number of hydrogen-bond acceptors (Lipinski definition) is 5. The van der Waals surface area contributed by atoms with Gasteiger partial charge in [0.15, 0.2) is 9.84 Å². The molecule has 174 valence electrons. The monoisotopic (exact) mass is 487 g/mol. The Hall–Kier alpha value is -2.77. The average Bonchev–Trinajstić information content (AvgIpc) is 3.42. The zero-order chi connectivity index (χ0) is 23.4. The lowest BCUT2D eigenvalue weighted by atomic mass is 10.1. The van der Waals surface area contributed by atoms with E-state index in [-0.39, 0.29) is 24.0 Å². The van der Waals surface area contributed by atoms with Crippen molar-refractivity contribution in [2.24, 2.45) is 0 Å². The molecule has 1 aromatic heterocycles. The lowest BCUT2D eigenvalue weighted by Crippen LogP contribution is -2.40. The van der Waals surface area contributed by atoms with Crippen LogP contribution in [0.25, 0.3) is 11.3 Å². The van der Waals surface area contributed by atoms with E-state index in [1.165, 1.54) is 0 Å². The maximum Gasteiger partial charge on any atom is 0.258 e. The van der Waals surface area contributed by atoms with Crippen LogP contribution in [0.5, 0.6) is 5.75 Å². The predicted molar refractivity (Wildman–Crippen MR) is 128 cm³/mol. The van der Waals surface area contributed by atoms with Gasteiger partial charge >= 0.3 is 0 Å². The van der Waals surface area contributed by atoms with Crippen molar-refractivity contribution in [3.63, 3.8) is 0 Å². The summed E-state index contributed by atoms with van der Waals surface area (Å²) in [5.74, 6) is 1.47. The Kier molecular flexibility index (Phi) is 7.10. The molecule has 0 spiro atoms. The van der Waals surface area contributed by atoms with Crippen molar-refractivity contribution >= 4 is 27.3 Å². The summed E-state index contributed by atoms with van der Waals surface area (Å²) < 4.78 is 36.2. The maximum absolute atomic E-state index is 13.6. The van der Waals surface area contributed by atoms with Crippen LogP contribution in [-0.2, 0) is 16.4 Å². The fourth-order valence-electron chi connectivity index (χ4n) is 3.92. The molecule has 0 saturated carbocycles. The van der Waals surface area contributed by atoms with Crippen LogP contribution >= 0.6 is 11.6 Å². The molecule has 0 unspecified atom stereocenters. The third-order valence-corrected chi connectivity index (χ3v) is 7.61. The summed E-state index contributed by atoms with van der Waals surface area (Å²) in [5.41, 5.74) is 1.28. The van der Waals surface area contributed by atoms with Crippen LogP contribution in [0, 0.1) is 0 Å². The Balaban J connectivity index is 1.63. The third kappa shape index (κ3) is 5.60. The summed E-state index contributed by atoms with van der Waals surface area (Å²) in [6.45, 7) is 2.65. The Morgan fingerprint density at radius 2 is 1.88 bits per heavy atom. The van der Waals surface area contributed by atoms with E-state index in [9.17, 15) is 13.2 Å². The molecule has 2 heterocycles. The van der Waals surface area contributed by atoms with Crippen molar-refractivity contribution in [1.82, 2.24) is 4.90 Å². The second-order valence-corrected chi connectivity index (χ2v) is 10.8. The highest BCUT2D eigenvalue weighted by atomic mass is 35.5. The Bertz CT molecular complexity index is 1220. The van der Waals surface area contributed by atoms with Gasteiger partial charge < -0.3 is 14.1 Å². The molecular formula is C25H26ClNO5S. The second-order valence-electron chi connectivity index (χ2n) is 8.11. The third-order valence-electron chi connectivity index (χ3n) is 5.61. The van der Waals surface area contributed by atoms with Crippen molar-refractivity contribution in [1.29, 1.82) is 0 Å². The normalized spacial score (nSPS) is 17.1. The summed E-state index contributed by atoms with van der Waals surface area (Å²) in [7, 11) is -3.18. The van der Waals surface area contributed by atoms with E-state index in [1.807, 2.05) is 37.3 Å². The molecule has 33 heavy (non-hydrogen) atoms. The van der Waals surface area contributed by atoms with Gasteiger partial charge in [-0.25, -0.2) is 8.42 Å². The highest BCUT2D eigenvalue weighted by Gasteiger charge is 2.36. The Morgan fingerprint density at radius 3 is 2.58 bits per heavy atom. The lowest BCUT2D eigenvalue weighted by molar-refractivity contribution is 0.0662. The summed E-state index contributed by atoms with van der Waals surface area (Å²) in [6, 6.07) is 17.6. The molecule has 3 aromatic rings. The van der Waals surface area contributed by atoms with Crippen LogP contribution in [-0.4, -0.2) is 43.4 Å². The molecule has 1 aliphatic rings. The lowest BCUT2D eigenvalue weighted by Gasteiger charge is -2.28. The van der Waals surface area contributed by atoms with Gasteiger partial charge in [-0.05, 0) is 61.4 Å². The first kappa shape index (κ1) is 23.4. The van der Waals surface area contributed by atoms with Crippen molar-refractivity contribution in [2.45, 2.75) is 32.4 Å². The molecule has 1 amide bonds. The van der Waals surface area contributed by atoms with E-state index in [4.69, 9.17) is 20.8 Å². The van der Waals surface area contributed by atoms with Crippen LogP contribution in [0.4, 0.5) is 0 Å². The van der Waals surface area contributed by atoms with E-state index >= 15 is 0 Å². The molecule has 4 rings (SSSR count). The Labute approximate surface area is 199 Å². The fourth-order valence-corrected chi connectivity index (χ4v) is 5.78. The number of furan rings is 1. The first-order valence-electron chi connectivity index (χ1n) is 10.9. The summed E-state index contributed by atoms with van der Waals surface area (Å²) >= 11 is 5.97. The second kappa shape index (κ2) is 10.0. The average molecular weight is 488 g/mol. The SMILES string of the molecule is CCCOc1ccccc1C(=O)N(Cc1ccc(-c2ccc(Cl)cc2)o1)[C@H]1CCS(=O)(=O)C1. The van der Waals surface area contributed by atoms with Gasteiger partial charge in [0.25, 0.3) is 5.91 Å². The minimum Gasteiger partial charge on any atom is -0.493 e. The van der Waals surface area contributed by atoms with Crippen molar-refractivity contribution < 1.29 is 22.4 Å². The zero-order valence-electron chi connectivity index (χ0n) is 18.4. The Morgan fingerprint density at radius 1 is 1.12 bits per heavy atom. The number of carbonyl (C=O) groups excluding carboxylic acids is 1. The standard InChI is InChI=1S/C25H26ClNO5S/c1-2-14-31-24-6-4-3-5-22(24)25(28)27(20-13-15-33(29,30)17-20)16-21-11-12-23(32-21)18-7-9-19(26)10-8-18/h3-12,20H,2,13-17H2,1H3/t20-/m0/s1. The molecule has 0 N–H and O–H groups in total. The zero-order valence-corrected chi connectivity index (χ0v) is 19.9. The summed E-state index contributed by atoms with van der Waals surface area (Å²) in [5, 5.41) is 0.633. The molecule has 1 atom stereocenters. The van der Waals surface area contributed by atoms with Gasteiger partial charge in [-0.15, -0.1) is 0 Å². The molecule has 0 radical (unpaired) electrons. The molecule has 0 bridgehead atoms. The first-order chi connectivity index (χ1) is 15.9. The predicted octanol–water partition coefficient (Wildman–Crippen LogP) is 5.22. The minimum atomic E-state index is -3.18. The van der Waals surface area contributed by atoms with Gasteiger partial charge in [0, 0.05) is 16.6 Å². The number of halogens is 1. The topological polar surface area (TPSA) is 76.8 Å². The molecule has 1 saturated heterocycles. The van der Waals surface area contributed by atoms with Gasteiger partial charge in [-0.1, -0.05) is 30.7 Å². The first-order valence-corrected chi connectivity index (χ1v) is 13.1. The molecule has 0 aliphatic carbocycles. The smallest absolute Gasteiger partial charge is 0.258 e. The summed E-state index contributed by atoms with van der Waals surface area (Å²) in [4.78, 5) is 15.2. The quantitative estimate of drug-likeness (QED) is 0.435. The number of rotatable bonds is 8. The maximum atomic E-state index is 13.6. The molecular weight excluding hydrogens is 462 g/mol. The van der Waals surface area contributed by atoms with Crippen LogP contribution in [0.3, 0.4) is 0 Å². The number of hydrogen-bond donors (Lipinski definition) is 0. The number of para-hydroxylation sites is 1. The number of nitrogens with zero attached hydrogens (tertiary/aromatic N) is 1. The van der Waals surface area contributed by atoms with Crippen molar-refractivity contribution in [3.05, 3.63) is 77.0 Å². The van der Waals surface area contributed by atoms with Crippen LogP contribution < -0.4 is 4.74 Å². The van der Waals surface area contributed by atoms with Gasteiger partial charge in [0.1, 0.15) is 17.3 Å². The van der Waals surface area contributed by atoms with Crippen LogP contribution in [0.2, 0.25) is 5.02 Å². The number of amides is 1. The van der Waals surface area contributed by atoms with Crippen molar-refractivity contribution in [3.8, 4) is 17.1 Å². The molecule has 1 fully saturated rings. The molecule has 6 nitrogen and oxygen atoms in total. The highest BCUT2D eigenvalue weighted by Crippen LogP contribution is 2.29. The van der Waals surface area contributed by atoms with Crippen LogP contribution in [0.15, 0.2) is 65.1 Å². The molecule has 8 heteroatoms. The van der Waals surface area contributed by atoms with Gasteiger partial charge in [0.2, 0.25) is 0 Å².